The van der Waals surface area contributed by atoms with Gasteiger partial charge >= 0.3 is 5.97 Å². The van der Waals surface area contributed by atoms with E-state index in [4.69, 9.17) is 22.2 Å². The first-order chi connectivity index (χ1) is 11.8. The van der Waals surface area contributed by atoms with Crippen LogP contribution in [0.25, 0.3) is 11.3 Å². The lowest BCUT2D eigenvalue weighted by Gasteiger charge is -2.15. The van der Waals surface area contributed by atoms with E-state index < -0.39 is 23.4 Å². The molecule has 8 nitrogen and oxygen atoms in total. The van der Waals surface area contributed by atoms with Crippen molar-refractivity contribution in [2.75, 3.05) is 19.2 Å². The predicted octanol–water partition coefficient (Wildman–Crippen LogP) is 1.47. The number of esters is 1. The van der Waals surface area contributed by atoms with E-state index in [1.807, 2.05) is 0 Å². The number of rotatable bonds is 5. The van der Waals surface area contributed by atoms with Gasteiger partial charge < -0.3 is 15.3 Å². The molecule has 0 radical (unpaired) electrons. The number of ether oxygens (including phenoxy) is 2. The molecular formula is C14H14ClFN4O4S. The molecule has 2 aromatic rings. The summed E-state index contributed by atoms with van der Waals surface area (Å²) in [7, 11) is 1.20. The van der Waals surface area contributed by atoms with E-state index in [2.05, 4.69) is 14.9 Å². The highest BCUT2D eigenvalue weighted by Gasteiger charge is 2.21. The number of methoxy groups -OCH3 is 1. The van der Waals surface area contributed by atoms with Crippen LogP contribution in [0.15, 0.2) is 22.1 Å². The van der Waals surface area contributed by atoms with E-state index in [9.17, 15) is 14.0 Å². The molecule has 0 aliphatic rings. The summed E-state index contributed by atoms with van der Waals surface area (Å²) in [4.78, 5) is 23.7. The number of carbonyl (C=O) groups excluding carboxylic acids is 1. The molecule has 0 aliphatic heterocycles. The van der Waals surface area contributed by atoms with Crippen LogP contribution in [0.3, 0.4) is 0 Å². The van der Waals surface area contributed by atoms with Crippen LogP contribution in [-0.4, -0.2) is 40.3 Å². The Labute approximate surface area is 151 Å². The maximum atomic E-state index is 14.3. The van der Waals surface area contributed by atoms with E-state index >= 15 is 0 Å². The molecule has 0 saturated carbocycles. The third-order valence-corrected chi connectivity index (χ3v) is 4.10. The number of carbonyl (C=O) groups is 1. The smallest absolute Gasteiger partial charge is 0.346 e. The van der Waals surface area contributed by atoms with Gasteiger partial charge in [0.2, 0.25) is 5.16 Å². The molecule has 1 aromatic carbocycles. The lowest BCUT2D eigenvalue weighted by Crippen LogP contribution is -2.32. The van der Waals surface area contributed by atoms with Crippen molar-refractivity contribution in [1.29, 1.82) is 0 Å². The van der Waals surface area contributed by atoms with Crippen molar-refractivity contribution in [3.8, 4) is 17.0 Å². The summed E-state index contributed by atoms with van der Waals surface area (Å²) in [5, 5.41) is 7.57. The third-order valence-electron chi connectivity index (χ3n) is 3.16. The summed E-state index contributed by atoms with van der Waals surface area (Å²) in [5.41, 5.74) is -1.27. The minimum absolute atomic E-state index is 0.0188. The summed E-state index contributed by atoms with van der Waals surface area (Å²) < 4.78 is 25.0. The molecule has 0 bridgehead atoms. The standard InChI is InChI=1S/C14H14ClFN4O4S/c1-6(13(22)23-2)24-10-4-7(9(16)5-8(10)15)11-12(21)20(17)14(25-3)19-18-11/h4-6H,17H2,1-3H3/t6-/m1/s1. The Balaban J connectivity index is 2.53. The van der Waals surface area contributed by atoms with Crippen LogP contribution in [-0.2, 0) is 9.53 Å². The number of aromatic nitrogens is 3. The lowest BCUT2D eigenvalue weighted by molar-refractivity contribution is -0.147. The second kappa shape index (κ2) is 7.70. The van der Waals surface area contributed by atoms with E-state index in [1.165, 1.54) is 14.0 Å². The molecule has 25 heavy (non-hydrogen) atoms. The topological polar surface area (TPSA) is 109 Å². The van der Waals surface area contributed by atoms with E-state index in [-0.39, 0.29) is 27.2 Å². The lowest BCUT2D eigenvalue weighted by atomic mass is 10.1. The molecule has 1 heterocycles. The first-order valence-electron chi connectivity index (χ1n) is 6.82. The number of nitrogens with zero attached hydrogens (tertiary/aromatic N) is 3. The maximum absolute atomic E-state index is 14.3. The molecule has 11 heteroatoms. The molecule has 134 valence electrons. The van der Waals surface area contributed by atoms with E-state index in [1.54, 1.807) is 6.26 Å². The van der Waals surface area contributed by atoms with Crippen LogP contribution in [0.2, 0.25) is 5.02 Å². The van der Waals surface area contributed by atoms with Gasteiger partial charge in [0, 0.05) is 5.56 Å². The molecule has 0 fully saturated rings. The van der Waals surface area contributed by atoms with Gasteiger partial charge in [-0.05, 0) is 25.3 Å². The average molecular weight is 389 g/mol. The van der Waals surface area contributed by atoms with Crippen molar-refractivity contribution in [3.63, 3.8) is 0 Å². The first-order valence-corrected chi connectivity index (χ1v) is 8.43. The highest BCUT2D eigenvalue weighted by Crippen LogP contribution is 2.32. The SMILES string of the molecule is COC(=O)[C@@H](C)Oc1cc(-c2nnc(SC)n(N)c2=O)c(F)cc1Cl. The number of thioether (sulfide) groups is 1. The maximum Gasteiger partial charge on any atom is 0.346 e. The highest BCUT2D eigenvalue weighted by atomic mass is 35.5. The Kier molecular flexibility index (Phi) is 5.85. The number of nitrogens with two attached hydrogens (primary N) is 1. The van der Waals surface area contributed by atoms with Crippen LogP contribution in [0.5, 0.6) is 5.75 Å². The fraction of sp³-hybridized carbons (Fsp3) is 0.286. The zero-order valence-electron chi connectivity index (χ0n) is 13.4. The van der Waals surface area contributed by atoms with Crippen molar-refractivity contribution in [1.82, 2.24) is 14.9 Å². The molecule has 1 aromatic heterocycles. The predicted molar refractivity (Wildman–Crippen MR) is 90.7 cm³/mol. The highest BCUT2D eigenvalue weighted by molar-refractivity contribution is 7.98. The van der Waals surface area contributed by atoms with Crippen molar-refractivity contribution in [2.24, 2.45) is 0 Å². The van der Waals surface area contributed by atoms with Gasteiger partial charge in [0.1, 0.15) is 11.6 Å². The Morgan fingerprint density at radius 1 is 1.44 bits per heavy atom. The summed E-state index contributed by atoms with van der Waals surface area (Å²) >= 11 is 7.05. The zero-order valence-corrected chi connectivity index (χ0v) is 15.0. The summed E-state index contributed by atoms with van der Waals surface area (Å²) in [6.45, 7) is 1.44. The van der Waals surface area contributed by atoms with Gasteiger partial charge in [-0.15, -0.1) is 10.2 Å². The summed E-state index contributed by atoms with van der Waals surface area (Å²) in [6, 6.07) is 2.10. The third kappa shape index (κ3) is 3.85. The van der Waals surface area contributed by atoms with Gasteiger partial charge in [0.15, 0.2) is 11.8 Å². The van der Waals surface area contributed by atoms with Crippen molar-refractivity contribution in [2.45, 2.75) is 18.2 Å². The van der Waals surface area contributed by atoms with Crippen LogP contribution >= 0.6 is 23.4 Å². The second-order valence-corrected chi connectivity index (χ2v) is 5.94. The molecule has 0 saturated heterocycles. The Bertz CT molecular complexity index is 877. The minimum Gasteiger partial charge on any atom is -0.477 e. The molecule has 0 aliphatic carbocycles. The van der Waals surface area contributed by atoms with Crippen molar-refractivity contribution < 1.29 is 18.7 Å². The van der Waals surface area contributed by atoms with Crippen molar-refractivity contribution in [3.05, 3.63) is 33.3 Å². The normalized spacial score (nSPS) is 11.9. The second-order valence-electron chi connectivity index (χ2n) is 4.76. The van der Waals surface area contributed by atoms with Gasteiger partial charge in [-0.3, -0.25) is 4.79 Å². The number of nitrogen functional groups attached to an aromatic ring is 1. The summed E-state index contributed by atoms with van der Waals surface area (Å²) in [5.74, 6) is 4.15. The fourth-order valence-corrected chi connectivity index (χ4v) is 2.50. The Morgan fingerprint density at radius 2 is 2.12 bits per heavy atom. The Hall–Kier alpha value is -2.33. The number of benzene rings is 1. The van der Waals surface area contributed by atoms with E-state index in [0.717, 1.165) is 28.6 Å². The van der Waals surface area contributed by atoms with E-state index in [0.29, 0.717) is 0 Å². The molecule has 0 unspecified atom stereocenters. The average Bonchev–Trinajstić information content (AvgIpc) is 2.59. The largest absolute Gasteiger partial charge is 0.477 e. The van der Waals surface area contributed by atoms with Gasteiger partial charge in [-0.1, -0.05) is 23.4 Å². The fourth-order valence-electron chi connectivity index (χ4n) is 1.90. The molecular weight excluding hydrogens is 375 g/mol. The molecule has 2 N–H and O–H groups in total. The molecule has 0 amide bonds. The first kappa shape index (κ1) is 19.0. The molecule has 0 spiro atoms. The quantitative estimate of drug-likeness (QED) is 0.466. The number of hydrogen-bond acceptors (Lipinski definition) is 8. The minimum atomic E-state index is -0.989. The van der Waals surface area contributed by atoms with Gasteiger partial charge in [0.05, 0.1) is 12.1 Å². The molecule has 2 rings (SSSR count). The monoisotopic (exact) mass is 388 g/mol. The van der Waals surface area contributed by atoms with Gasteiger partial charge in [0.25, 0.3) is 5.56 Å². The summed E-state index contributed by atoms with van der Waals surface area (Å²) in [6.07, 6.45) is 0.673. The van der Waals surface area contributed by atoms with Gasteiger partial charge in [-0.2, -0.15) is 4.68 Å². The van der Waals surface area contributed by atoms with Gasteiger partial charge in [-0.25, -0.2) is 9.18 Å². The number of halogens is 2. The van der Waals surface area contributed by atoms with Crippen LogP contribution in [0.4, 0.5) is 4.39 Å². The van der Waals surface area contributed by atoms with Crippen LogP contribution in [0, 0.1) is 5.82 Å². The molecule has 1 atom stereocenters. The number of hydrogen-bond donors (Lipinski definition) is 1. The zero-order chi connectivity index (χ0) is 18.7. The van der Waals surface area contributed by atoms with Crippen LogP contribution < -0.4 is 16.1 Å². The van der Waals surface area contributed by atoms with Crippen LogP contribution in [0.1, 0.15) is 6.92 Å². The van der Waals surface area contributed by atoms with Crippen molar-refractivity contribution >= 4 is 29.3 Å². The Morgan fingerprint density at radius 3 is 2.72 bits per heavy atom.